The van der Waals surface area contributed by atoms with E-state index in [4.69, 9.17) is 4.42 Å². The van der Waals surface area contributed by atoms with Gasteiger partial charge in [-0.05, 0) is 31.2 Å². The van der Waals surface area contributed by atoms with Crippen LogP contribution in [0.1, 0.15) is 33.5 Å². The number of hydrogen-bond acceptors (Lipinski definition) is 4. The third-order valence-corrected chi connectivity index (χ3v) is 3.74. The lowest BCUT2D eigenvalue weighted by atomic mass is 10.2. The molecule has 2 N–H and O–H groups in total. The first-order valence-corrected chi connectivity index (χ1v) is 8.13. The van der Waals surface area contributed by atoms with Crippen LogP contribution in [0.2, 0.25) is 0 Å². The maximum absolute atomic E-state index is 13.8. The Bertz CT molecular complexity index is 947. The quantitative estimate of drug-likeness (QED) is 0.694. The van der Waals surface area contributed by atoms with Gasteiger partial charge in [0.1, 0.15) is 23.0 Å². The van der Waals surface area contributed by atoms with Gasteiger partial charge in [-0.15, -0.1) is 0 Å². The van der Waals surface area contributed by atoms with Crippen LogP contribution in [0.25, 0.3) is 0 Å². The largest absolute Gasteiger partial charge is 0.467 e. The van der Waals surface area contributed by atoms with Crippen molar-refractivity contribution in [3.05, 3.63) is 71.4 Å². The lowest BCUT2D eigenvalue weighted by Gasteiger charge is -2.07. The number of aryl methyl sites for hydroxylation is 1. The molecular weight excluding hydrogens is 358 g/mol. The second kappa shape index (κ2) is 7.81. The molecule has 9 heteroatoms. The van der Waals surface area contributed by atoms with E-state index in [1.807, 2.05) is 0 Å². The number of carbonyl (C=O) groups is 2. The van der Waals surface area contributed by atoms with Crippen LogP contribution in [0, 0.1) is 11.6 Å². The van der Waals surface area contributed by atoms with Crippen molar-refractivity contribution in [2.75, 3.05) is 5.32 Å². The first kappa shape index (κ1) is 18.3. The highest BCUT2D eigenvalue weighted by Gasteiger charge is 2.22. The van der Waals surface area contributed by atoms with Crippen molar-refractivity contribution in [1.29, 1.82) is 0 Å². The van der Waals surface area contributed by atoms with E-state index in [-0.39, 0.29) is 17.9 Å². The summed E-state index contributed by atoms with van der Waals surface area (Å²) in [6.45, 7) is 2.35. The summed E-state index contributed by atoms with van der Waals surface area (Å²) in [6.07, 6.45) is 2.89. The molecule has 0 fully saturated rings. The molecule has 0 aliphatic heterocycles. The van der Waals surface area contributed by atoms with Gasteiger partial charge >= 0.3 is 0 Å². The molecule has 1 aromatic carbocycles. The smallest absolute Gasteiger partial charge is 0.274 e. The van der Waals surface area contributed by atoms with E-state index < -0.39 is 29.0 Å². The Balaban J connectivity index is 1.81. The molecule has 0 radical (unpaired) electrons. The minimum atomic E-state index is -1.01. The van der Waals surface area contributed by atoms with Gasteiger partial charge in [0, 0.05) is 12.7 Å². The predicted octanol–water partition coefficient (Wildman–Crippen LogP) is 2.96. The second-order valence-corrected chi connectivity index (χ2v) is 5.56. The van der Waals surface area contributed by atoms with E-state index in [9.17, 15) is 18.4 Å². The summed E-state index contributed by atoms with van der Waals surface area (Å²) in [4.78, 5) is 24.7. The molecule has 0 saturated carbocycles. The number of rotatable bonds is 6. The lowest BCUT2D eigenvalue weighted by Crippen LogP contribution is -2.25. The van der Waals surface area contributed by atoms with Gasteiger partial charge in [-0.3, -0.25) is 14.3 Å². The van der Waals surface area contributed by atoms with Crippen molar-refractivity contribution < 1.29 is 22.8 Å². The number of anilines is 1. The van der Waals surface area contributed by atoms with E-state index >= 15 is 0 Å². The second-order valence-electron chi connectivity index (χ2n) is 5.56. The number of halogens is 2. The van der Waals surface area contributed by atoms with Gasteiger partial charge in [0.2, 0.25) is 0 Å². The van der Waals surface area contributed by atoms with Gasteiger partial charge in [0.15, 0.2) is 5.69 Å². The maximum atomic E-state index is 13.8. The number of furan rings is 1. The van der Waals surface area contributed by atoms with Gasteiger partial charge in [0.05, 0.1) is 18.5 Å². The Labute approximate surface area is 153 Å². The van der Waals surface area contributed by atoms with Gasteiger partial charge < -0.3 is 15.1 Å². The molecule has 2 heterocycles. The molecule has 0 aliphatic carbocycles. The molecule has 140 valence electrons. The van der Waals surface area contributed by atoms with Crippen molar-refractivity contribution in [3.8, 4) is 0 Å². The fraction of sp³-hybridized carbons (Fsp3) is 0.167. The molecule has 0 aliphatic rings. The molecule has 2 aromatic heterocycles. The summed E-state index contributed by atoms with van der Waals surface area (Å²) in [5, 5.41) is 9.05. The predicted molar refractivity (Wildman–Crippen MR) is 92.1 cm³/mol. The normalized spacial score (nSPS) is 10.6. The van der Waals surface area contributed by atoms with Crippen LogP contribution >= 0.6 is 0 Å². The number of aromatic nitrogens is 2. The van der Waals surface area contributed by atoms with E-state index in [0.29, 0.717) is 12.3 Å². The van der Waals surface area contributed by atoms with Crippen LogP contribution < -0.4 is 10.6 Å². The molecule has 27 heavy (non-hydrogen) atoms. The highest BCUT2D eigenvalue weighted by molar-refractivity contribution is 6.08. The first-order valence-electron chi connectivity index (χ1n) is 8.13. The minimum Gasteiger partial charge on any atom is -0.467 e. The summed E-state index contributed by atoms with van der Waals surface area (Å²) in [5.74, 6) is -3.04. The molecule has 3 aromatic rings. The molecule has 7 nitrogen and oxygen atoms in total. The van der Waals surface area contributed by atoms with Crippen molar-refractivity contribution in [2.45, 2.75) is 20.0 Å². The van der Waals surface area contributed by atoms with Gasteiger partial charge in [-0.1, -0.05) is 6.07 Å². The number of amides is 2. The zero-order chi connectivity index (χ0) is 19.4. The van der Waals surface area contributed by atoms with Crippen LogP contribution in [-0.2, 0) is 13.1 Å². The summed E-state index contributed by atoms with van der Waals surface area (Å²) < 4.78 is 34.2. The Morgan fingerprint density at radius 2 is 1.89 bits per heavy atom. The average molecular weight is 374 g/mol. The SMILES string of the molecule is CCn1cc(NC(=O)c2c(F)cccc2F)c(C(=O)NCc2ccco2)n1. The van der Waals surface area contributed by atoms with Crippen LogP contribution in [0.5, 0.6) is 0 Å². The lowest BCUT2D eigenvalue weighted by molar-refractivity contribution is 0.0943. The molecule has 3 rings (SSSR count). The van der Waals surface area contributed by atoms with E-state index in [0.717, 1.165) is 18.2 Å². The Morgan fingerprint density at radius 3 is 2.52 bits per heavy atom. The number of carbonyl (C=O) groups excluding carboxylic acids is 2. The number of hydrogen-bond donors (Lipinski definition) is 2. The molecule has 0 spiro atoms. The fourth-order valence-corrected chi connectivity index (χ4v) is 2.41. The summed E-state index contributed by atoms with van der Waals surface area (Å²) in [7, 11) is 0. The molecule has 0 saturated heterocycles. The maximum Gasteiger partial charge on any atom is 0.274 e. The number of benzene rings is 1. The monoisotopic (exact) mass is 374 g/mol. The Hall–Kier alpha value is -3.49. The average Bonchev–Trinajstić information content (AvgIpc) is 3.29. The van der Waals surface area contributed by atoms with Gasteiger partial charge in [0.25, 0.3) is 11.8 Å². The third kappa shape index (κ3) is 4.02. The third-order valence-electron chi connectivity index (χ3n) is 3.74. The zero-order valence-corrected chi connectivity index (χ0v) is 14.3. The van der Waals surface area contributed by atoms with Crippen LogP contribution in [0.4, 0.5) is 14.5 Å². The van der Waals surface area contributed by atoms with Crippen molar-refractivity contribution in [2.24, 2.45) is 0 Å². The van der Waals surface area contributed by atoms with Crippen LogP contribution in [-0.4, -0.2) is 21.6 Å². The van der Waals surface area contributed by atoms with Crippen LogP contribution in [0.15, 0.2) is 47.2 Å². The van der Waals surface area contributed by atoms with Crippen LogP contribution in [0.3, 0.4) is 0 Å². The van der Waals surface area contributed by atoms with Gasteiger partial charge in [-0.25, -0.2) is 8.78 Å². The van der Waals surface area contributed by atoms with Crippen molar-refractivity contribution >= 4 is 17.5 Å². The first-order chi connectivity index (χ1) is 13.0. The van der Waals surface area contributed by atoms with Gasteiger partial charge in [-0.2, -0.15) is 5.10 Å². The van der Waals surface area contributed by atoms with E-state index in [1.54, 1.807) is 19.1 Å². The Kier molecular flexibility index (Phi) is 5.30. The summed E-state index contributed by atoms with van der Waals surface area (Å²) in [5.41, 5.74) is -0.765. The molecule has 2 amide bonds. The van der Waals surface area contributed by atoms with E-state index in [1.165, 1.54) is 17.1 Å². The Morgan fingerprint density at radius 1 is 1.15 bits per heavy atom. The van der Waals surface area contributed by atoms with Crippen molar-refractivity contribution in [3.63, 3.8) is 0 Å². The molecule has 0 atom stereocenters. The number of nitrogens with one attached hydrogen (secondary N) is 2. The molecule has 0 unspecified atom stereocenters. The molecular formula is C18H16F2N4O3. The fourth-order valence-electron chi connectivity index (χ4n) is 2.41. The van der Waals surface area contributed by atoms with Crippen molar-refractivity contribution in [1.82, 2.24) is 15.1 Å². The highest BCUT2D eigenvalue weighted by atomic mass is 19.1. The van der Waals surface area contributed by atoms with E-state index in [2.05, 4.69) is 15.7 Å². The highest BCUT2D eigenvalue weighted by Crippen LogP contribution is 2.18. The summed E-state index contributed by atoms with van der Waals surface area (Å²) in [6, 6.07) is 6.48. The zero-order valence-electron chi connectivity index (χ0n) is 14.3. The molecule has 0 bridgehead atoms. The topological polar surface area (TPSA) is 89.2 Å². The number of nitrogens with zero attached hydrogens (tertiary/aromatic N) is 2. The summed E-state index contributed by atoms with van der Waals surface area (Å²) >= 11 is 0. The standard InChI is InChI=1S/C18H16F2N4O3/c1-2-24-10-14(22-17(25)15-12(19)6-3-7-13(15)20)16(23-24)18(26)21-9-11-5-4-8-27-11/h3-8,10H,2,9H2,1H3,(H,21,26)(H,22,25). The minimum absolute atomic E-state index is 0.0430.